The van der Waals surface area contributed by atoms with E-state index in [4.69, 9.17) is 5.11 Å². The molecule has 3 nitrogen and oxygen atoms in total. The summed E-state index contributed by atoms with van der Waals surface area (Å²) in [6, 6.07) is 0. The highest BCUT2D eigenvalue weighted by molar-refractivity contribution is 5.66. The first-order valence-electron chi connectivity index (χ1n) is 9.00. The zero-order chi connectivity index (χ0) is 18.6. The molecule has 2 N–H and O–H groups in total. The molecule has 0 radical (unpaired) electrons. The molecule has 0 saturated heterocycles. The quantitative estimate of drug-likeness (QED) is 0.322. The molecule has 0 aromatic rings. The number of aliphatic hydroxyl groups is 1. The average Bonchev–Trinajstić information content (AvgIpc) is 2.58. The molecule has 1 atom stereocenters. The van der Waals surface area contributed by atoms with E-state index >= 15 is 0 Å². The molecule has 0 aliphatic carbocycles. The van der Waals surface area contributed by atoms with Crippen molar-refractivity contribution in [3.05, 3.63) is 72.9 Å². The standard InChI is InChI=1S/C22H32O3/c1-2-3-4-15-18-21(23)19-16-13-11-9-7-5-6-8-10-12-14-17-20-22(24)25/h3-4,6-9,12-16,18,21,23H,2,5,10-11,17,19-20H2,1H3,(H,24,25). The van der Waals surface area contributed by atoms with Gasteiger partial charge >= 0.3 is 5.97 Å². The van der Waals surface area contributed by atoms with E-state index in [1.165, 1.54) is 0 Å². The average molecular weight is 344 g/mol. The second-order valence-electron chi connectivity index (χ2n) is 5.55. The topological polar surface area (TPSA) is 57.5 Å². The van der Waals surface area contributed by atoms with Gasteiger partial charge in [0.1, 0.15) is 0 Å². The third kappa shape index (κ3) is 19.8. The third-order valence-electron chi connectivity index (χ3n) is 3.20. The highest BCUT2D eigenvalue weighted by Gasteiger charge is 1.92. The lowest BCUT2D eigenvalue weighted by Gasteiger charge is -1.98. The van der Waals surface area contributed by atoms with Gasteiger partial charge in [-0.2, -0.15) is 0 Å². The maximum atomic E-state index is 10.3. The lowest BCUT2D eigenvalue weighted by molar-refractivity contribution is -0.136. The number of hydrogen-bond acceptors (Lipinski definition) is 2. The molecule has 0 heterocycles. The molecule has 0 amide bonds. The van der Waals surface area contributed by atoms with Crippen molar-refractivity contribution < 1.29 is 15.0 Å². The minimum Gasteiger partial charge on any atom is -0.481 e. The lowest BCUT2D eigenvalue weighted by atomic mass is 10.2. The zero-order valence-electron chi connectivity index (χ0n) is 15.3. The first-order valence-corrected chi connectivity index (χ1v) is 9.00. The van der Waals surface area contributed by atoms with Crippen LogP contribution in [0.2, 0.25) is 0 Å². The van der Waals surface area contributed by atoms with E-state index in [0.717, 1.165) is 25.7 Å². The number of aliphatic carboxylic acids is 1. The molecule has 0 rings (SSSR count). The minimum atomic E-state index is -0.755. The van der Waals surface area contributed by atoms with Gasteiger partial charge in [0.2, 0.25) is 0 Å². The van der Waals surface area contributed by atoms with Crippen LogP contribution in [0.3, 0.4) is 0 Å². The van der Waals surface area contributed by atoms with E-state index in [9.17, 15) is 9.90 Å². The molecule has 0 spiro atoms. The summed E-state index contributed by atoms with van der Waals surface area (Å²) in [6.07, 6.45) is 28.6. The number of carboxylic acid groups (broad SMARTS) is 1. The van der Waals surface area contributed by atoms with Gasteiger partial charge in [0.15, 0.2) is 0 Å². The molecular weight excluding hydrogens is 312 g/mol. The molecule has 1 unspecified atom stereocenters. The summed E-state index contributed by atoms with van der Waals surface area (Å²) in [7, 11) is 0. The highest BCUT2D eigenvalue weighted by atomic mass is 16.4. The fourth-order valence-corrected chi connectivity index (χ4v) is 1.86. The van der Waals surface area contributed by atoms with Crippen molar-refractivity contribution in [2.75, 3.05) is 0 Å². The van der Waals surface area contributed by atoms with E-state index < -0.39 is 12.1 Å². The first kappa shape index (κ1) is 22.9. The number of allylic oxidation sites excluding steroid dienone is 10. The van der Waals surface area contributed by atoms with Crippen molar-refractivity contribution in [3.8, 4) is 0 Å². The number of aliphatic hydroxyl groups excluding tert-OH is 1. The van der Waals surface area contributed by atoms with Crippen molar-refractivity contribution in [3.63, 3.8) is 0 Å². The number of carbonyl (C=O) groups is 1. The second kappa shape index (κ2) is 18.2. The van der Waals surface area contributed by atoms with Gasteiger partial charge in [0.05, 0.1) is 6.10 Å². The van der Waals surface area contributed by atoms with Gasteiger partial charge in [-0.25, -0.2) is 0 Å². The van der Waals surface area contributed by atoms with E-state index in [1.807, 2.05) is 36.5 Å². The molecule has 138 valence electrons. The Morgan fingerprint density at radius 3 is 1.96 bits per heavy atom. The Balaban J connectivity index is 3.65. The number of rotatable bonds is 14. The molecule has 0 aliphatic rings. The summed E-state index contributed by atoms with van der Waals surface area (Å²) >= 11 is 0. The fourth-order valence-electron chi connectivity index (χ4n) is 1.86. The van der Waals surface area contributed by atoms with Gasteiger partial charge in [-0.3, -0.25) is 4.79 Å². The Morgan fingerprint density at radius 1 is 0.840 bits per heavy atom. The van der Waals surface area contributed by atoms with Crippen molar-refractivity contribution in [1.29, 1.82) is 0 Å². The highest BCUT2D eigenvalue weighted by Crippen LogP contribution is 1.99. The minimum absolute atomic E-state index is 0.194. The number of hydrogen-bond donors (Lipinski definition) is 2. The molecule has 0 aromatic carbocycles. The van der Waals surface area contributed by atoms with E-state index in [-0.39, 0.29) is 6.42 Å². The van der Waals surface area contributed by atoms with E-state index in [2.05, 4.69) is 37.3 Å². The lowest BCUT2D eigenvalue weighted by Crippen LogP contribution is -1.98. The van der Waals surface area contributed by atoms with Gasteiger partial charge in [-0.05, 0) is 38.5 Å². The van der Waals surface area contributed by atoms with Crippen LogP contribution in [0.5, 0.6) is 0 Å². The zero-order valence-corrected chi connectivity index (χ0v) is 15.3. The smallest absolute Gasteiger partial charge is 0.303 e. The summed E-state index contributed by atoms with van der Waals surface area (Å²) in [5.74, 6) is -0.755. The van der Waals surface area contributed by atoms with Crippen molar-refractivity contribution in [2.24, 2.45) is 0 Å². The first-order chi connectivity index (χ1) is 12.2. The SMILES string of the molecule is CCC=CC=CC(O)CC=CCC=CCC=CCC=CCCC(=O)O. The van der Waals surface area contributed by atoms with Crippen LogP contribution < -0.4 is 0 Å². The maximum Gasteiger partial charge on any atom is 0.303 e. The molecule has 3 heteroatoms. The van der Waals surface area contributed by atoms with Crippen molar-refractivity contribution in [2.45, 2.75) is 58.0 Å². The van der Waals surface area contributed by atoms with Crippen LogP contribution >= 0.6 is 0 Å². The van der Waals surface area contributed by atoms with Gasteiger partial charge in [-0.1, -0.05) is 79.8 Å². The molecule has 25 heavy (non-hydrogen) atoms. The van der Waals surface area contributed by atoms with Crippen LogP contribution in [0, 0.1) is 0 Å². The third-order valence-corrected chi connectivity index (χ3v) is 3.20. The Kier molecular flexibility index (Phi) is 16.7. The number of carboxylic acids is 1. The van der Waals surface area contributed by atoms with Crippen LogP contribution in [-0.2, 0) is 4.79 Å². The van der Waals surface area contributed by atoms with Crippen LogP contribution in [0.4, 0.5) is 0 Å². The molecule has 0 saturated carbocycles. The summed E-state index contributed by atoms with van der Waals surface area (Å²) in [5.41, 5.74) is 0. The van der Waals surface area contributed by atoms with Gasteiger partial charge in [0, 0.05) is 6.42 Å². The Labute approximate surface area is 152 Å². The predicted octanol–water partition coefficient (Wildman–Crippen LogP) is 5.52. The van der Waals surface area contributed by atoms with Gasteiger partial charge < -0.3 is 10.2 Å². The second-order valence-corrected chi connectivity index (χ2v) is 5.55. The molecule has 0 aliphatic heterocycles. The van der Waals surface area contributed by atoms with Crippen molar-refractivity contribution >= 4 is 5.97 Å². The van der Waals surface area contributed by atoms with Gasteiger partial charge in [-0.15, -0.1) is 0 Å². The Morgan fingerprint density at radius 2 is 1.40 bits per heavy atom. The van der Waals surface area contributed by atoms with Crippen LogP contribution in [0.1, 0.15) is 51.9 Å². The summed E-state index contributed by atoms with van der Waals surface area (Å²) in [4.78, 5) is 10.3. The van der Waals surface area contributed by atoms with E-state index in [1.54, 1.807) is 6.08 Å². The van der Waals surface area contributed by atoms with Crippen LogP contribution in [-0.4, -0.2) is 22.3 Å². The molecule has 0 aromatic heterocycles. The molecule has 0 fully saturated rings. The summed E-state index contributed by atoms with van der Waals surface area (Å²) < 4.78 is 0. The van der Waals surface area contributed by atoms with Crippen LogP contribution in [0.15, 0.2) is 72.9 Å². The largest absolute Gasteiger partial charge is 0.481 e. The molecular formula is C22H32O3. The maximum absolute atomic E-state index is 10.3. The monoisotopic (exact) mass is 344 g/mol. The Bertz CT molecular complexity index is 493. The van der Waals surface area contributed by atoms with Gasteiger partial charge in [0.25, 0.3) is 0 Å². The Hall–Kier alpha value is -2.13. The normalized spacial score (nSPS) is 14.3. The summed E-state index contributed by atoms with van der Waals surface area (Å²) in [6.45, 7) is 2.08. The summed E-state index contributed by atoms with van der Waals surface area (Å²) in [5, 5.41) is 18.2. The van der Waals surface area contributed by atoms with Crippen LogP contribution in [0.25, 0.3) is 0 Å². The van der Waals surface area contributed by atoms with Crippen molar-refractivity contribution in [1.82, 2.24) is 0 Å². The molecule has 0 bridgehead atoms. The fraction of sp³-hybridized carbons (Fsp3) is 0.409. The predicted molar refractivity (Wildman–Crippen MR) is 106 cm³/mol. The van der Waals surface area contributed by atoms with E-state index in [0.29, 0.717) is 12.8 Å².